The van der Waals surface area contributed by atoms with Gasteiger partial charge in [-0.1, -0.05) is 49.2 Å². The van der Waals surface area contributed by atoms with Crippen molar-refractivity contribution in [1.29, 1.82) is 0 Å². The van der Waals surface area contributed by atoms with E-state index in [0.29, 0.717) is 17.0 Å². The first-order chi connectivity index (χ1) is 17.1. The molecule has 0 radical (unpaired) electrons. The van der Waals surface area contributed by atoms with E-state index in [-0.39, 0.29) is 24.3 Å². The van der Waals surface area contributed by atoms with Crippen LogP contribution in [0.5, 0.6) is 5.75 Å². The third kappa shape index (κ3) is 5.90. The summed E-state index contributed by atoms with van der Waals surface area (Å²) in [5.74, 6) is -0.585. The Labute approximate surface area is 204 Å². The summed E-state index contributed by atoms with van der Waals surface area (Å²) in [4.78, 5) is 41.1. The Hall–Kier alpha value is -4.07. The number of benzene rings is 2. The van der Waals surface area contributed by atoms with E-state index in [1.807, 2.05) is 30.3 Å². The van der Waals surface area contributed by atoms with Crippen LogP contribution in [0.1, 0.15) is 47.8 Å². The number of hydrogen-bond acceptors (Lipinski definition) is 5. The van der Waals surface area contributed by atoms with Gasteiger partial charge >= 0.3 is 0 Å². The second-order valence-corrected chi connectivity index (χ2v) is 8.43. The first-order valence-electron chi connectivity index (χ1n) is 11.7. The van der Waals surface area contributed by atoms with Gasteiger partial charge in [0.15, 0.2) is 5.76 Å². The van der Waals surface area contributed by atoms with Crippen molar-refractivity contribution in [1.82, 2.24) is 10.6 Å². The van der Waals surface area contributed by atoms with Gasteiger partial charge in [0.05, 0.1) is 19.9 Å². The zero-order chi connectivity index (χ0) is 24.6. The highest BCUT2D eigenvalue weighted by Gasteiger charge is 2.34. The maximum Gasteiger partial charge on any atom is 0.287 e. The predicted molar refractivity (Wildman–Crippen MR) is 131 cm³/mol. The molecule has 8 nitrogen and oxygen atoms in total. The Balaban J connectivity index is 1.68. The first-order valence-corrected chi connectivity index (χ1v) is 11.7. The molecule has 1 aliphatic carbocycles. The number of carbonyl (C=O) groups excluding carboxylic acids is 3. The van der Waals surface area contributed by atoms with Crippen molar-refractivity contribution >= 4 is 23.4 Å². The lowest BCUT2D eigenvalue weighted by Gasteiger charge is -2.32. The maximum atomic E-state index is 13.7. The van der Waals surface area contributed by atoms with Gasteiger partial charge in [-0.05, 0) is 42.7 Å². The smallest absolute Gasteiger partial charge is 0.287 e. The molecule has 1 heterocycles. The summed E-state index contributed by atoms with van der Waals surface area (Å²) < 4.78 is 10.5. The number of carbonyl (C=O) groups is 3. The highest BCUT2D eigenvalue weighted by atomic mass is 16.5. The number of anilines is 1. The zero-order valence-electron chi connectivity index (χ0n) is 19.6. The normalized spacial score (nSPS) is 14.2. The van der Waals surface area contributed by atoms with E-state index >= 15 is 0 Å². The second-order valence-electron chi connectivity index (χ2n) is 8.43. The van der Waals surface area contributed by atoms with E-state index in [9.17, 15) is 14.4 Å². The van der Waals surface area contributed by atoms with Crippen molar-refractivity contribution in [2.24, 2.45) is 0 Å². The van der Waals surface area contributed by atoms with Gasteiger partial charge in [0.1, 0.15) is 11.8 Å². The third-order valence-corrected chi connectivity index (χ3v) is 6.07. The molecule has 0 saturated heterocycles. The minimum atomic E-state index is -0.933. The van der Waals surface area contributed by atoms with E-state index in [4.69, 9.17) is 9.15 Å². The van der Waals surface area contributed by atoms with E-state index in [2.05, 4.69) is 10.6 Å². The molecule has 1 fully saturated rings. The summed E-state index contributed by atoms with van der Waals surface area (Å²) in [5.41, 5.74) is 1.15. The molecule has 3 aromatic rings. The molecule has 35 heavy (non-hydrogen) atoms. The van der Waals surface area contributed by atoms with Crippen LogP contribution in [0.4, 0.5) is 5.69 Å². The van der Waals surface area contributed by atoms with Crippen LogP contribution in [-0.4, -0.2) is 37.4 Å². The topological polar surface area (TPSA) is 101 Å². The molecule has 0 spiro atoms. The van der Waals surface area contributed by atoms with Crippen LogP contribution in [0.2, 0.25) is 0 Å². The van der Waals surface area contributed by atoms with Gasteiger partial charge in [-0.15, -0.1) is 0 Å². The molecule has 0 unspecified atom stereocenters. The lowest BCUT2D eigenvalue weighted by molar-refractivity contribution is -0.126. The second kappa shape index (κ2) is 11.4. The van der Waals surface area contributed by atoms with Crippen LogP contribution in [-0.2, 0) is 9.59 Å². The van der Waals surface area contributed by atoms with Crippen molar-refractivity contribution in [3.05, 3.63) is 84.3 Å². The Bertz CT molecular complexity index is 1140. The Kier molecular flexibility index (Phi) is 7.82. The number of ether oxygens (including phenoxy) is 1. The summed E-state index contributed by atoms with van der Waals surface area (Å²) in [6.07, 6.45) is 5.35. The molecule has 1 aromatic heterocycles. The Morgan fingerprint density at radius 3 is 2.49 bits per heavy atom. The molecular formula is C27H29N3O5. The fourth-order valence-electron chi connectivity index (χ4n) is 4.34. The summed E-state index contributed by atoms with van der Waals surface area (Å²) in [5, 5.41) is 5.73. The van der Waals surface area contributed by atoms with Gasteiger partial charge in [0.25, 0.3) is 5.91 Å². The number of methoxy groups -OCH3 is 1. The van der Waals surface area contributed by atoms with E-state index in [1.165, 1.54) is 24.3 Å². The molecule has 2 N–H and O–H groups in total. The van der Waals surface area contributed by atoms with E-state index in [0.717, 1.165) is 25.7 Å². The molecule has 1 atom stereocenters. The highest BCUT2D eigenvalue weighted by Crippen LogP contribution is 2.31. The molecule has 1 aliphatic rings. The van der Waals surface area contributed by atoms with Gasteiger partial charge in [0.2, 0.25) is 11.8 Å². The van der Waals surface area contributed by atoms with Gasteiger partial charge in [0, 0.05) is 17.8 Å². The summed E-state index contributed by atoms with van der Waals surface area (Å²) in [7, 11) is 1.54. The van der Waals surface area contributed by atoms with Crippen LogP contribution in [0.25, 0.3) is 0 Å². The van der Waals surface area contributed by atoms with Gasteiger partial charge < -0.3 is 19.8 Å². The third-order valence-electron chi connectivity index (χ3n) is 6.07. The minimum absolute atomic E-state index is 0.0784. The Morgan fingerprint density at radius 1 is 1.03 bits per heavy atom. The highest BCUT2D eigenvalue weighted by molar-refractivity contribution is 6.04. The maximum absolute atomic E-state index is 13.7. The number of amides is 3. The molecular weight excluding hydrogens is 446 g/mol. The number of nitrogens with one attached hydrogen (secondary N) is 2. The summed E-state index contributed by atoms with van der Waals surface area (Å²) in [6, 6.07) is 18.4. The number of rotatable bonds is 9. The fourth-order valence-corrected chi connectivity index (χ4v) is 4.34. The molecule has 0 bridgehead atoms. The van der Waals surface area contributed by atoms with Gasteiger partial charge in [-0.25, -0.2) is 0 Å². The molecule has 2 aromatic carbocycles. The standard InChI is InChI=1S/C27H29N3O5/c1-34-22-14-7-13-21(17-22)30(24(31)18-28-26(32)23-15-8-16-35-23)25(19-9-3-2-4-10-19)27(33)29-20-11-5-6-12-20/h2-4,7-10,13-17,20,25H,5-6,11-12,18H2,1H3,(H,28,32)(H,29,33)/t25-/m0/s1. The number of hydrogen-bond donors (Lipinski definition) is 2. The van der Waals surface area contributed by atoms with Crippen LogP contribution in [0.15, 0.2) is 77.4 Å². The van der Waals surface area contributed by atoms with E-state index < -0.39 is 17.9 Å². The van der Waals surface area contributed by atoms with Crippen LogP contribution >= 0.6 is 0 Å². The zero-order valence-corrected chi connectivity index (χ0v) is 19.6. The first kappa shape index (κ1) is 24.1. The van der Waals surface area contributed by atoms with E-state index in [1.54, 1.807) is 30.3 Å². The SMILES string of the molecule is COc1cccc(N(C(=O)CNC(=O)c2ccco2)[C@H](C(=O)NC2CCCC2)c2ccccc2)c1. The van der Waals surface area contributed by atoms with Gasteiger partial charge in [-0.2, -0.15) is 0 Å². The molecule has 1 saturated carbocycles. The largest absolute Gasteiger partial charge is 0.497 e. The van der Waals surface area contributed by atoms with Crippen molar-refractivity contribution < 1.29 is 23.5 Å². The molecule has 8 heteroatoms. The summed E-state index contributed by atoms with van der Waals surface area (Å²) >= 11 is 0. The van der Waals surface area contributed by atoms with Crippen LogP contribution in [0.3, 0.4) is 0 Å². The molecule has 182 valence electrons. The van der Waals surface area contributed by atoms with Crippen molar-refractivity contribution in [2.75, 3.05) is 18.6 Å². The Morgan fingerprint density at radius 2 is 1.80 bits per heavy atom. The van der Waals surface area contributed by atoms with Gasteiger partial charge in [-0.3, -0.25) is 19.3 Å². The molecule has 3 amide bonds. The quantitative estimate of drug-likeness (QED) is 0.490. The van der Waals surface area contributed by atoms with Crippen LogP contribution < -0.4 is 20.3 Å². The average molecular weight is 476 g/mol. The van der Waals surface area contributed by atoms with Crippen molar-refractivity contribution in [3.8, 4) is 5.75 Å². The minimum Gasteiger partial charge on any atom is -0.497 e. The lowest BCUT2D eigenvalue weighted by atomic mass is 10.0. The fraction of sp³-hybridized carbons (Fsp3) is 0.296. The number of nitrogens with zero attached hydrogens (tertiary/aromatic N) is 1. The molecule has 4 rings (SSSR count). The van der Waals surface area contributed by atoms with Crippen LogP contribution in [0, 0.1) is 0 Å². The number of furan rings is 1. The van der Waals surface area contributed by atoms with Crippen molar-refractivity contribution in [3.63, 3.8) is 0 Å². The lowest BCUT2D eigenvalue weighted by Crippen LogP contribution is -2.49. The predicted octanol–water partition coefficient (Wildman–Crippen LogP) is 3.85. The van der Waals surface area contributed by atoms with Crippen molar-refractivity contribution in [2.45, 2.75) is 37.8 Å². The summed E-state index contributed by atoms with van der Waals surface area (Å²) in [6.45, 7) is -0.323. The average Bonchev–Trinajstić information content (AvgIpc) is 3.61. The molecule has 0 aliphatic heterocycles. The monoisotopic (exact) mass is 475 g/mol.